The maximum atomic E-state index is 3.55. The topological polar surface area (TPSA) is 4.44 Å². The van der Waals surface area contributed by atoms with Gasteiger partial charge in [0.05, 0.1) is 21.8 Å². The van der Waals surface area contributed by atoms with Crippen LogP contribution in [0, 0.1) is 5.92 Å². The molecule has 0 bridgehead atoms. The first-order valence-corrected chi connectivity index (χ1v) is 9.02. The Morgan fingerprint density at radius 1 is 1.05 bits per heavy atom. The summed E-state index contributed by atoms with van der Waals surface area (Å²) in [7, 11) is 0. The number of thiophene rings is 1. The molecule has 0 unspecified atom stereocenters. The normalized spacial score (nSPS) is 22.9. The van der Waals surface area contributed by atoms with Crippen molar-refractivity contribution in [2.24, 2.45) is 5.92 Å². The molecular formula is C17H21BrNS+. The summed E-state index contributed by atoms with van der Waals surface area (Å²) in [6, 6.07) is 15.4. The first-order chi connectivity index (χ1) is 9.79. The Morgan fingerprint density at radius 3 is 2.45 bits per heavy atom. The van der Waals surface area contributed by atoms with Gasteiger partial charge in [-0.15, -0.1) is 11.3 Å². The van der Waals surface area contributed by atoms with Gasteiger partial charge in [-0.05, 0) is 58.8 Å². The maximum Gasteiger partial charge on any atom is 0.112 e. The second-order valence-corrected chi connectivity index (χ2v) is 8.31. The van der Waals surface area contributed by atoms with Gasteiger partial charge in [0.25, 0.3) is 0 Å². The molecule has 106 valence electrons. The minimum atomic E-state index is 0.885. The van der Waals surface area contributed by atoms with Gasteiger partial charge in [0.2, 0.25) is 0 Å². The van der Waals surface area contributed by atoms with Crippen molar-refractivity contribution in [2.45, 2.75) is 25.8 Å². The van der Waals surface area contributed by atoms with Gasteiger partial charge in [-0.3, -0.25) is 0 Å². The molecule has 0 saturated carbocycles. The minimum absolute atomic E-state index is 0.885. The van der Waals surface area contributed by atoms with E-state index in [2.05, 4.69) is 58.4 Å². The zero-order chi connectivity index (χ0) is 13.8. The molecule has 3 heteroatoms. The summed E-state index contributed by atoms with van der Waals surface area (Å²) in [5.41, 5.74) is 1.50. The van der Waals surface area contributed by atoms with Gasteiger partial charge in [0.15, 0.2) is 0 Å². The Bertz CT molecular complexity index is 529. The summed E-state index contributed by atoms with van der Waals surface area (Å²) in [4.78, 5) is 3.26. The fourth-order valence-corrected chi connectivity index (χ4v) is 4.66. The van der Waals surface area contributed by atoms with Gasteiger partial charge in [-0.2, -0.15) is 0 Å². The fraction of sp³-hybridized carbons (Fsp3) is 0.412. The zero-order valence-corrected chi connectivity index (χ0v) is 14.1. The van der Waals surface area contributed by atoms with Gasteiger partial charge in [0.1, 0.15) is 6.54 Å². The van der Waals surface area contributed by atoms with Crippen LogP contribution in [-0.2, 0) is 13.0 Å². The molecule has 3 rings (SSSR count). The second kappa shape index (κ2) is 6.88. The van der Waals surface area contributed by atoms with E-state index in [0.717, 1.165) is 5.92 Å². The van der Waals surface area contributed by atoms with Crippen LogP contribution in [0.4, 0.5) is 0 Å². The number of benzene rings is 1. The molecule has 1 N–H and O–H groups in total. The Hall–Kier alpha value is -0.640. The van der Waals surface area contributed by atoms with Crippen molar-refractivity contribution in [1.82, 2.24) is 0 Å². The Balaban J connectivity index is 1.47. The van der Waals surface area contributed by atoms with E-state index in [4.69, 9.17) is 0 Å². The number of nitrogens with one attached hydrogen (secondary N) is 1. The van der Waals surface area contributed by atoms with Crippen molar-refractivity contribution < 1.29 is 4.90 Å². The highest BCUT2D eigenvalue weighted by Crippen LogP contribution is 2.22. The summed E-state index contributed by atoms with van der Waals surface area (Å²) in [5, 5.41) is 0. The van der Waals surface area contributed by atoms with Crippen molar-refractivity contribution in [3.05, 3.63) is 56.7 Å². The highest BCUT2D eigenvalue weighted by molar-refractivity contribution is 9.11. The van der Waals surface area contributed by atoms with E-state index in [1.807, 2.05) is 11.3 Å². The largest absolute Gasteiger partial charge is 0.331 e. The third-order valence-electron chi connectivity index (χ3n) is 4.23. The molecule has 0 radical (unpaired) electrons. The lowest BCUT2D eigenvalue weighted by molar-refractivity contribution is -0.919. The van der Waals surface area contributed by atoms with Crippen LogP contribution in [0.2, 0.25) is 0 Å². The third-order valence-corrected chi connectivity index (χ3v) is 5.86. The number of likely N-dealkylation sites (tertiary alicyclic amines) is 1. The molecule has 2 heterocycles. The van der Waals surface area contributed by atoms with E-state index in [0.29, 0.717) is 0 Å². The molecule has 0 atom stereocenters. The smallest absolute Gasteiger partial charge is 0.112 e. The lowest BCUT2D eigenvalue weighted by Crippen LogP contribution is -3.11. The first-order valence-electron chi connectivity index (χ1n) is 7.41. The van der Waals surface area contributed by atoms with Crippen LogP contribution < -0.4 is 4.90 Å². The fourth-order valence-electron chi connectivity index (χ4n) is 3.11. The average Bonchev–Trinajstić information content (AvgIpc) is 2.88. The quantitative estimate of drug-likeness (QED) is 0.859. The van der Waals surface area contributed by atoms with E-state index in [-0.39, 0.29) is 0 Å². The maximum absolute atomic E-state index is 3.55. The third kappa shape index (κ3) is 3.94. The number of quaternary nitrogens is 1. The molecule has 1 saturated heterocycles. The number of rotatable bonds is 4. The lowest BCUT2D eigenvalue weighted by Gasteiger charge is -2.29. The molecule has 1 aliphatic rings. The number of halogens is 1. The predicted octanol–water partition coefficient (Wildman–Crippen LogP) is 3.55. The van der Waals surface area contributed by atoms with Crippen LogP contribution in [0.1, 0.15) is 23.3 Å². The van der Waals surface area contributed by atoms with Crippen molar-refractivity contribution in [3.8, 4) is 0 Å². The van der Waals surface area contributed by atoms with Gasteiger partial charge in [0, 0.05) is 0 Å². The zero-order valence-electron chi connectivity index (χ0n) is 11.6. The predicted molar refractivity (Wildman–Crippen MR) is 89.3 cm³/mol. The van der Waals surface area contributed by atoms with Crippen molar-refractivity contribution >= 4 is 27.3 Å². The van der Waals surface area contributed by atoms with Gasteiger partial charge < -0.3 is 4.90 Å². The summed E-state index contributed by atoms with van der Waals surface area (Å²) in [6.07, 6.45) is 4.01. The van der Waals surface area contributed by atoms with E-state index < -0.39 is 0 Å². The van der Waals surface area contributed by atoms with Crippen LogP contribution >= 0.6 is 27.3 Å². The highest BCUT2D eigenvalue weighted by atomic mass is 79.9. The van der Waals surface area contributed by atoms with Crippen LogP contribution in [0.5, 0.6) is 0 Å². The molecule has 1 aliphatic heterocycles. The molecule has 0 amide bonds. The molecule has 1 aromatic heterocycles. The Labute approximate surface area is 133 Å². The van der Waals surface area contributed by atoms with Crippen molar-refractivity contribution in [2.75, 3.05) is 13.1 Å². The van der Waals surface area contributed by atoms with Gasteiger partial charge in [-0.1, -0.05) is 30.3 Å². The van der Waals surface area contributed by atoms with Gasteiger partial charge in [-0.25, -0.2) is 0 Å². The standard InChI is InChI=1S/C17H20BrNS/c18-17-7-6-16(20-17)13-19-10-8-15(9-11-19)12-14-4-2-1-3-5-14/h1-7,15H,8-13H2/p+1. The monoisotopic (exact) mass is 350 g/mol. The summed E-state index contributed by atoms with van der Waals surface area (Å²) < 4.78 is 1.26. The van der Waals surface area contributed by atoms with Crippen LogP contribution in [-0.4, -0.2) is 13.1 Å². The van der Waals surface area contributed by atoms with E-state index >= 15 is 0 Å². The minimum Gasteiger partial charge on any atom is -0.331 e. The first kappa shape index (κ1) is 14.3. The molecule has 0 aliphatic carbocycles. The molecule has 2 aromatic rings. The SMILES string of the molecule is Brc1ccc(C[NH+]2CCC(Cc3ccccc3)CC2)s1. The van der Waals surface area contributed by atoms with Crippen molar-refractivity contribution in [3.63, 3.8) is 0 Å². The van der Waals surface area contributed by atoms with Crippen molar-refractivity contribution in [1.29, 1.82) is 0 Å². The molecule has 20 heavy (non-hydrogen) atoms. The number of hydrogen-bond donors (Lipinski definition) is 1. The van der Waals surface area contributed by atoms with E-state index in [1.165, 1.54) is 53.1 Å². The lowest BCUT2D eigenvalue weighted by atomic mass is 9.90. The average molecular weight is 351 g/mol. The van der Waals surface area contributed by atoms with Crippen LogP contribution in [0.3, 0.4) is 0 Å². The molecule has 1 nitrogen and oxygen atoms in total. The summed E-state index contributed by atoms with van der Waals surface area (Å²) in [6.45, 7) is 3.86. The molecule has 1 fully saturated rings. The number of piperidine rings is 1. The Morgan fingerprint density at radius 2 is 1.80 bits per heavy atom. The summed E-state index contributed by atoms with van der Waals surface area (Å²) in [5.74, 6) is 0.885. The van der Waals surface area contributed by atoms with Crippen LogP contribution in [0.15, 0.2) is 46.3 Å². The van der Waals surface area contributed by atoms with Crippen LogP contribution in [0.25, 0.3) is 0 Å². The molecule has 0 spiro atoms. The molecular weight excluding hydrogens is 330 g/mol. The highest BCUT2D eigenvalue weighted by Gasteiger charge is 2.22. The van der Waals surface area contributed by atoms with E-state index in [9.17, 15) is 0 Å². The second-order valence-electron chi connectivity index (χ2n) is 5.77. The van der Waals surface area contributed by atoms with Gasteiger partial charge >= 0.3 is 0 Å². The molecule has 1 aromatic carbocycles. The van der Waals surface area contributed by atoms with E-state index in [1.54, 1.807) is 4.90 Å². The summed E-state index contributed by atoms with van der Waals surface area (Å²) >= 11 is 5.43. The Kier molecular flexibility index (Phi) is 4.92. The number of hydrogen-bond acceptors (Lipinski definition) is 1.